The van der Waals surface area contributed by atoms with Crippen LogP contribution in [-0.2, 0) is 18.8 Å². The van der Waals surface area contributed by atoms with Crippen LogP contribution in [0, 0.1) is 6.92 Å². The van der Waals surface area contributed by atoms with Gasteiger partial charge in [0.1, 0.15) is 5.82 Å². The molecule has 0 aliphatic carbocycles. The van der Waals surface area contributed by atoms with Gasteiger partial charge in [-0.2, -0.15) is 0 Å². The zero-order valence-electron chi connectivity index (χ0n) is 12.4. The van der Waals surface area contributed by atoms with E-state index in [0.717, 1.165) is 24.3 Å². The molecule has 3 aromatic rings. The Labute approximate surface area is 130 Å². The molecule has 0 saturated heterocycles. The Balaban J connectivity index is 2.05. The molecule has 2 aromatic carbocycles. The quantitative estimate of drug-likeness (QED) is 0.639. The second-order valence-corrected chi connectivity index (χ2v) is 5.63. The van der Waals surface area contributed by atoms with Crippen molar-refractivity contribution in [2.24, 2.45) is 0 Å². The molecule has 0 N–H and O–H groups in total. The second-order valence-electron chi connectivity index (χ2n) is 5.36. The number of imidazole rings is 1. The topological polar surface area (TPSA) is 17.8 Å². The molecule has 0 fully saturated rings. The summed E-state index contributed by atoms with van der Waals surface area (Å²) in [6.45, 7) is 5.11. The monoisotopic (exact) mass is 298 g/mol. The van der Waals surface area contributed by atoms with Gasteiger partial charge in [-0.3, -0.25) is 0 Å². The second kappa shape index (κ2) is 5.90. The largest absolute Gasteiger partial charge is 0.322 e. The summed E-state index contributed by atoms with van der Waals surface area (Å²) in [4.78, 5) is 4.65. The number of nitrogens with zero attached hydrogens (tertiary/aromatic N) is 2. The van der Waals surface area contributed by atoms with Gasteiger partial charge in [-0.15, -0.1) is 11.6 Å². The molecule has 1 heterocycles. The van der Waals surface area contributed by atoms with Crippen LogP contribution in [0.15, 0.2) is 42.5 Å². The van der Waals surface area contributed by atoms with E-state index in [4.69, 9.17) is 11.6 Å². The van der Waals surface area contributed by atoms with E-state index in [0.29, 0.717) is 5.88 Å². The Hall–Kier alpha value is -1.80. The maximum Gasteiger partial charge on any atom is 0.125 e. The normalized spacial score (nSPS) is 11.2. The number of fused-ring (bicyclic) bond motifs is 1. The lowest BCUT2D eigenvalue weighted by Gasteiger charge is -2.10. The highest BCUT2D eigenvalue weighted by molar-refractivity contribution is 6.16. The van der Waals surface area contributed by atoms with Crippen LogP contribution in [-0.4, -0.2) is 9.55 Å². The molecule has 0 amide bonds. The van der Waals surface area contributed by atoms with Gasteiger partial charge >= 0.3 is 0 Å². The van der Waals surface area contributed by atoms with E-state index in [9.17, 15) is 0 Å². The minimum atomic E-state index is 0.432. The van der Waals surface area contributed by atoms with Crippen LogP contribution in [0.3, 0.4) is 0 Å². The first kappa shape index (κ1) is 14.2. The average Bonchev–Trinajstić information content (AvgIpc) is 2.87. The molecule has 0 atom stereocenters. The van der Waals surface area contributed by atoms with Crippen molar-refractivity contribution in [1.82, 2.24) is 9.55 Å². The zero-order valence-corrected chi connectivity index (χ0v) is 13.2. The first-order chi connectivity index (χ1) is 10.2. The third-order valence-electron chi connectivity index (χ3n) is 3.94. The first-order valence-corrected chi connectivity index (χ1v) is 7.85. The van der Waals surface area contributed by atoms with Crippen LogP contribution in [0.25, 0.3) is 11.0 Å². The molecule has 2 nitrogen and oxygen atoms in total. The van der Waals surface area contributed by atoms with Crippen molar-refractivity contribution in [2.45, 2.75) is 32.7 Å². The number of rotatable bonds is 4. The van der Waals surface area contributed by atoms with Gasteiger partial charge in [0, 0.05) is 6.54 Å². The van der Waals surface area contributed by atoms with E-state index in [1.54, 1.807) is 0 Å². The van der Waals surface area contributed by atoms with Gasteiger partial charge in [0.15, 0.2) is 0 Å². The van der Waals surface area contributed by atoms with Crippen LogP contribution in [0.5, 0.6) is 0 Å². The molecule has 3 heteroatoms. The number of benzene rings is 2. The minimum Gasteiger partial charge on any atom is -0.322 e. The van der Waals surface area contributed by atoms with E-state index in [1.807, 2.05) is 6.07 Å². The molecule has 21 heavy (non-hydrogen) atoms. The third kappa shape index (κ3) is 2.68. The zero-order chi connectivity index (χ0) is 14.8. The molecule has 0 unspecified atom stereocenters. The molecule has 1 aromatic heterocycles. The van der Waals surface area contributed by atoms with Gasteiger partial charge in [-0.25, -0.2) is 4.98 Å². The van der Waals surface area contributed by atoms with Crippen molar-refractivity contribution < 1.29 is 0 Å². The third-order valence-corrected chi connectivity index (χ3v) is 4.18. The van der Waals surface area contributed by atoms with Gasteiger partial charge in [0.05, 0.1) is 16.9 Å². The maximum absolute atomic E-state index is 6.09. The molecule has 0 bridgehead atoms. The lowest BCUT2D eigenvalue weighted by atomic mass is 10.1. The Kier molecular flexibility index (Phi) is 3.98. The number of hydrogen-bond acceptors (Lipinski definition) is 1. The number of halogens is 1. The first-order valence-electron chi connectivity index (χ1n) is 7.31. The number of para-hydroxylation sites is 1. The fourth-order valence-corrected chi connectivity index (χ4v) is 2.95. The molecule has 0 aliphatic rings. The van der Waals surface area contributed by atoms with Crippen molar-refractivity contribution in [1.29, 1.82) is 0 Å². The fourth-order valence-electron chi connectivity index (χ4n) is 2.75. The van der Waals surface area contributed by atoms with Gasteiger partial charge < -0.3 is 4.57 Å². The van der Waals surface area contributed by atoms with Crippen molar-refractivity contribution in [2.75, 3.05) is 0 Å². The number of alkyl halides is 1. The van der Waals surface area contributed by atoms with E-state index in [2.05, 4.69) is 59.8 Å². The van der Waals surface area contributed by atoms with Crippen molar-refractivity contribution in [3.8, 4) is 0 Å². The highest BCUT2D eigenvalue weighted by Crippen LogP contribution is 2.22. The lowest BCUT2D eigenvalue weighted by molar-refractivity contribution is 0.776. The Bertz CT molecular complexity index is 757. The molecule has 0 spiro atoms. The highest BCUT2D eigenvalue weighted by Gasteiger charge is 2.12. The Morgan fingerprint density at radius 2 is 1.76 bits per heavy atom. The number of hydrogen-bond donors (Lipinski definition) is 0. The Morgan fingerprint density at radius 1 is 1.05 bits per heavy atom. The fraction of sp³-hybridized carbons (Fsp3) is 0.278. The van der Waals surface area contributed by atoms with E-state index >= 15 is 0 Å². The summed E-state index contributed by atoms with van der Waals surface area (Å²) in [6, 6.07) is 15.0. The molecule has 0 radical (unpaired) electrons. The van der Waals surface area contributed by atoms with Crippen molar-refractivity contribution in [3.05, 3.63) is 65.0 Å². The van der Waals surface area contributed by atoms with Crippen LogP contribution >= 0.6 is 11.6 Å². The lowest BCUT2D eigenvalue weighted by Crippen LogP contribution is -2.04. The average molecular weight is 299 g/mol. The smallest absolute Gasteiger partial charge is 0.125 e. The summed E-state index contributed by atoms with van der Waals surface area (Å²) in [7, 11) is 0. The summed E-state index contributed by atoms with van der Waals surface area (Å²) >= 11 is 6.09. The van der Waals surface area contributed by atoms with Gasteiger partial charge in [0.25, 0.3) is 0 Å². The van der Waals surface area contributed by atoms with Gasteiger partial charge in [0.2, 0.25) is 0 Å². The predicted octanol–water partition coefficient (Wildman–Crippen LogP) is 4.69. The number of aromatic nitrogens is 2. The molecular weight excluding hydrogens is 280 g/mol. The van der Waals surface area contributed by atoms with Crippen molar-refractivity contribution in [3.63, 3.8) is 0 Å². The van der Waals surface area contributed by atoms with Crippen molar-refractivity contribution >= 4 is 22.6 Å². The molecule has 3 rings (SSSR count). The van der Waals surface area contributed by atoms with Crippen LogP contribution in [0.4, 0.5) is 0 Å². The van der Waals surface area contributed by atoms with Crippen LogP contribution in [0.2, 0.25) is 0 Å². The van der Waals surface area contributed by atoms with E-state index < -0.39 is 0 Å². The summed E-state index contributed by atoms with van der Waals surface area (Å²) in [6.07, 6.45) is 1.07. The van der Waals surface area contributed by atoms with E-state index in [-0.39, 0.29) is 0 Å². The summed E-state index contributed by atoms with van der Waals surface area (Å²) in [5, 5.41) is 0. The summed E-state index contributed by atoms with van der Waals surface area (Å²) < 4.78 is 2.23. The summed E-state index contributed by atoms with van der Waals surface area (Å²) in [5.74, 6) is 1.36. The van der Waals surface area contributed by atoms with Crippen LogP contribution in [0.1, 0.15) is 29.4 Å². The van der Waals surface area contributed by atoms with Gasteiger partial charge in [-0.05, 0) is 36.1 Å². The van der Waals surface area contributed by atoms with E-state index in [1.165, 1.54) is 22.2 Å². The SMILES string of the molecule is CCc1ccc(Cn2c(CCl)nc3cccc(C)c32)cc1. The minimum absolute atomic E-state index is 0.432. The molecule has 0 saturated carbocycles. The predicted molar refractivity (Wildman–Crippen MR) is 88.9 cm³/mol. The number of aryl methyl sites for hydroxylation is 2. The maximum atomic E-state index is 6.09. The molecular formula is C18H19ClN2. The molecule has 108 valence electrons. The summed E-state index contributed by atoms with van der Waals surface area (Å²) in [5.41, 5.74) is 6.09. The highest BCUT2D eigenvalue weighted by atomic mass is 35.5. The standard InChI is InChI=1S/C18H19ClN2/c1-3-14-7-9-15(10-8-14)12-21-17(11-19)20-16-6-4-5-13(2)18(16)21/h4-10H,3,11-12H2,1-2H3. The molecule has 0 aliphatic heterocycles. The van der Waals surface area contributed by atoms with Gasteiger partial charge in [-0.1, -0.05) is 43.3 Å². The Morgan fingerprint density at radius 3 is 2.43 bits per heavy atom. The van der Waals surface area contributed by atoms with Crippen LogP contribution < -0.4 is 0 Å².